The SMILES string of the molecule is CC(c1ccc(F)cc1)C(C)(C)C(=O)O. The van der Waals surface area contributed by atoms with Crippen molar-refractivity contribution in [2.45, 2.75) is 26.7 Å². The quantitative estimate of drug-likeness (QED) is 0.832. The number of hydrogen-bond donors (Lipinski definition) is 1. The summed E-state index contributed by atoms with van der Waals surface area (Å²) in [7, 11) is 0. The molecular formula is C12H15FO2. The largest absolute Gasteiger partial charge is 0.481 e. The molecule has 0 aliphatic heterocycles. The van der Waals surface area contributed by atoms with Crippen molar-refractivity contribution in [3.63, 3.8) is 0 Å². The van der Waals surface area contributed by atoms with E-state index in [9.17, 15) is 9.18 Å². The predicted octanol–water partition coefficient (Wildman–Crippen LogP) is 3.04. The second-order valence-electron chi connectivity index (χ2n) is 4.30. The van der Waals surface area contributed by atoms with Gasteiger partial charge in [-0.15, -0.1) is 0 Å². The smallest absolute Gasteiger partial charge is 0.309 e. The van der Waals surface area contributed by atoms with Crippen LogP contribution in [0.3, 0.4) is 0 Å². The van der Waals surface area contributed by atoms with E-state index in [4.69, 9.17) is 5.11 Å². The Labute approximate surface area is 88.7 Å². The second kappa shape index (κ2) is 4.01. The van der Waals surface area contributed by atoms with Gasteiger partial charge in [-0.3, -0.25) is 4.79 Å². The van der Waals surface area contributed by atoms with Crippen LogP contribution >= 0.6 is 0 Å². The van der Waals surface area contributed by atoms with E-state index in [0.717, 1.165) is 5.56 Å². The number of benzene rings is 1. The molecule has 3 heteroatoms. The normalized spacial score (nSPS) is 13.6. The monoisotopic (exact) mass is 210 g/mol. The second-order valence-corrected chi connectivity index (χ2v) is 4.30. The molecule has 1 aromatic rings. The molecule has 0 heterocycles. The first-order valence-electron chi connectivity index (χ1n) is 4.84. The number of rotatable bonds is 3. The Hall–Kier alpha value is -1.38. The summed E-state index contributed by atoms with van der Waals surface area (Å²) in [6.45, 7) is 5.17. The van der Waals surface area contributed by atoms with Crippen LogP contribution in [-0.2, 0) is 4.79 Å². The Morgan fingerprint density at radius 2 is 1.80 bits per heavy atom. The average Bonchev–Trinajstić information content (AvgIpc) is 2.17. The summed E-state index contributed by atoms with van der Waals surface area (Å²) in [6, 6.07) is 5.96. The highest BCUT2D eigenvalue weighted by Crippen LogP contribution is 2.35. The van der Waals surface area contributed by atoms with E-state index in [2.05, 4.69) is 0 Å². The molecule has 0 fully saturated rings. The van der Waals surface area contributed by atoms with Crippen molar-refractivity contribution in [2.24, 2.45) is 5.41 Å². The van der Waals surface area contributed by atoms with Crippen LogP contribution in [0.5, 0.6) is 0 Å². The molecule has 0 spiro atoms. The lowest BCUT2D eigenvalue weighted by atomic mass is 9.76. The van der Waals surface area contributed by atoms with Crippen LogP contribution in [0.1, 0.15) is 32.3 Å². The van der Waals surface area contributed by atoms with Gasteiger partial charge in [-0.05, 0) is 37.5 Å². The Balaban J connectivity index is 2.99. The summed E-state index contributed by atoms with van der Waals surface area (Å²) in [5.41, 5.74) is -0.0125. The van der Waals surface area contributed by atoms with Crippen molar-refractivity contribution in [1.29, 1.82) is 0 Å². The van der Waals surface area contributed by atoms with E-state index in [1.165, 1.54) is 12.1 Å². The molecule has 0 bridgehead atoms. The predicted molar refractivity (Wildman–Crippen MR) is 56.2 cm³/mol. The zero-order valence-electron chi connectivity index (χ0n) is 9.12. The number of hydrogen-bond acceptors (Lipinski definition) is 1. The number of carboxylic acid groups (broad SMARTS) is 1. The van der Waals surface area contributed by atoms with Gasteiger partial charge in [0.2, 0.25) is 0 Å². The molecule has 0 aromatic heterocycles. The summed E-state index contributed by atoms with van der Waals surface area (Å²) >= 11 is 0. The zero-order valence-corrected chi connectivity index (χ0v) is 9.12. The van der Waals surface area contributed by atoms with Crippen molar-refractivity contribution in [3.8, 4) is 0 Å². The van der Waals surface area contributed by atoms with E-state index >= 15 is 0 Å². The van der Waals surface area contributed by atoms with E-state index in [1.54, 1.807) is 26.0 Å². The molecule has 82 valence electrons. The van der Waals surface area contributed by atoms with Crippen LogP contribution in [0.15, 0.2) is 24.3 Å². The molecule has 0 aliphatic carbocycles. The van der Waals surface area contributed by atoms with Gasteiger partial charge in [0.25, 0.3) is 0 Å². The highest BCUT2D eigenvalue weighted by molar-refractivity contribution is 5.75. The molecule has 0 amide bonds. The summed E-state index contributed by atoms with van der Waals surface area (Å²) in [4.78, 5) is 11.0. The zero-order chi connectivity index (χ0) is 11.6. The Kier molecular flexibility index (Phi) is 3.12. The highest BCUT2D eigenvalue weighted by Gasteiger charge is 2.34. The van der Waals surface area contributed by atoms with E-state index in [-0.39, 0.29) is 11.7 Å². The van der Waals surface area contributed by atoms with E-state index in [0.29, 0.717) is 0 Å². The highest BCUT2D eigenvalue weighted by atomic mass is 19.1. The first-order chi connectivity index (χ1) is 6.85. The van der Waals surface area contributed by atoms with Crippen molar-refractivity contribution in [2.75, 3.05) is 0 Å². The molecule has 0 saturated heterocycles. The third-order valence-electron chi connectivity index (χ3n) is 3.00. The Bertz CT molecular complexity index is 354. The Morgan fingerprint density at radius 1 is 1.33 bits per heavy atom. The van der Waals surface area contributed by atoms with Gasteiger partial charge >= 0.3 is 5.97 Å². The van der Waals surface area contributed by atoms with Crippen LogP contribution in [0, 0.1) is 11.2 Å². The lowest BCUT2D eigenvalue weighted by Gasteiger charge is -2.27. The first kappa shape index (κ1) is 11.7. The van der Waals surface area contributed by atoms with E-state index < -0.39 is 11.4 Å². The molecule has 0 saturated carbocycles. The van der Waals surface area contributed by atoms with Gasteiger partial charge in [0, 0.05) is 0 Å². The van der Waals surface area contributed by atoms with Gasteiger partial charge in [0.15, 0.2) is 0 Å². The van der Waals surface area contributed by atoms with Crippen LogP contribution in [0.4, 0.5) is 4.39 Å². The topological polar surface area (TPSA) is 37.3 Å². The molecule has 1 aromatic carbocycles. The molecule has 1 unspecified atom stereocenters. The maximum Gasteiger partial charge on any atom is 0.309 e. The minimum Gasteiger partial charge on any atom is -0.481 e. The van der Waals surface area contributed by atoms with Crippen LogP contribution < -0.4 is 0 Å². The minimum absolute atomic E-state index is 0.157. The molecule has 15 heavy (non-hydrogen) atoms. The molecule has 0 radical (unpaired) electrons. The molecular weight excluding hydrogens is 195 g/mol. The van der Waals surface area contributed by atoms with Gasteiger partial charge in [0.1, 0.15) is 5.82 Å². The first-order valence-corrected chi connectivity index (χ1v) is 4.84. The molecule has 0 aliphatic rings. The van der Waals surface area contributed by atoms with Gasteiger partial charge in [-0.1, -0.05) is 19.1 Å². The van der Waals surface area contributed by atoms with Gasteiger partial charge in [0.05, 0.1) is 5.41 Å². The van der Waals surface area contributed by atoms with Crippen molar-refractivity contribution >= 4 is 5.97 Å². The van der Waals surface area contributed by atoms with Crippen LogP contribution in [-0.4, -0.2) is 11.1 Å². The van der Waals surface area contributed by atoms with Crippen LogP contribution in [0.25, 0.3) is 0 Å². The van der Waals surface area contributed by atoms with Crippen molar-refractivity contribution in [1.82, 2.24) is 0 Å². The molecule has 1 rings (SSSR count). The fourth-order valence-corrected chi connectivity index (χ4v) is 1.35. The third-order valence-corrected chi connectivity index (χ3v) is 3.00. The number of halogens is 1. The fraction of sp³-hybridized carbons (Fsp3) is 0.417. The molecule has 1 N–H and O–H groups in total. The lowest BCUT2D eigenvalue weighted by molar-refractivity contribution is -0.148. The summed E-state index contributed by atoms with van der Waals surface area (Å²) < 4.78 is 12.7. The number of carboxylic acids is 1. The van der Waals surface area contributed by atoms with Gasteiger partial charge < -0.3 is 5.11 Å². The Morgan fingerprint density at radius 3 is 2.20 bits per heavy atom. The maximum atomic E-state index is 12.7. The minimum atomic E-state index is -0.849. The van der Waals surface area contributed by atoms with Gasteiger partial charge in [-0.2, -0.15) is 0 Å². The summed E-state index contributed by atoms with van der Waals surface area (Å²) in [6.07, 6.45) is 0. The summed E-state index contributed by atoms with van der Waals surface area (Å²) in [5.74, 6) is -1.31. The van der Waals surface area contributed by atoms with Crippen molar-refractivity contribution in [3.05, 3.63) is 35.6 Å². The average molecular weight is 210 g/mol. The lowest BCUT2D eigenvalue weighted by Crippen LogP contribution is -2.29. The van der Waals surface area contributed by atoms with Crippen molar-refractivity contribution < 1.29 is 14.3 Å². The number of aliphatic carboxylic acids is 1. The summed E-state index contributed by atoms with van der Waals surface area (Å²) in [5, 5.41) is 9.05. The fourth-order valence-electron chi connectivity index (χ4n) is 1.35. The molecule has 2 nitrogen and oxygen atoms in total. The van der Waals surface area contributed by atoms with Gasteiger partial charge in [-0.25, -0.2) is 4.39 Å². The number of carbonyl (C=O) groups is 1. The standard InChI is InChI=1S/C12H15FO2/c1-8(12(2,3)11(14)15)9-4-6-10(13)7-5-9/h4-8H,1-3H3,(H,14,15). The molecule has 1 atom stereocenters. The third kappa shape index (κ3) is 2.35. The maximum absolute atomic E-state index is 12.7. The van der Waals surface area contributed by atoms with Crippen LogP contribution in [0.2, 0.25) is 0 Å². The van der Waals surface area contributed by atoms with E-state index in [1.807, 2.05) is 6.92 Å².